The predicted octanol–water partition coefficient (Wildman–Crippen LogP) is 6.04. The van der Waals surface area contributed by atoms with Crippen molar-refractivity contribution in [3.8, 4) is 0 Å². The van der Waals surface area contributed by atoms with Crippen LogP contribution in [0.25, 0.3) is 6.08 Å². The highest BCUT2D eigenvalue weighted by Crippen LogP contribution is 2.36. The summed E-state index contributed by atoms with van der Waals surface area (Å²) in [7, 11) is 0. The fourth-order valence-electron chi connectivity index (χ4n) is 1.82. The summed E-state index contributed by atoms with van der Waals surface area (Å²) in [4.78, 5) is 3.30. The number of hydrogen-bond donors (Lipinski definition) is 1. The maximum absolute atomic E-state index is 5.39. The lowest BCUT2D eigenvalue weighted by Gasteiger charge is -2.27. The maximum atomic E-state index is 5.39. The molecule has 2 rings (SSSR count). The lowest BCUT2D eigenvalue weighted by atomic mass is 10.4. The highest BCUT2D eigenvalue weighted by molar-refractivity contribution is 8.35. The zero-order chi connectivity index (χ0) is 16.8. The molecule has 1 aliphatic heterocycles. The number of nitrogens with zero attached hydrogens (tertiary/aromatic N) is 2. The molecule has 1 aromatic heterocycles. The van der Waals surface area contributed by atoms with Gasteiger partial charge in [0.15, 0.2) is 3.95 Å². The van der Waals surface area contributed by atoms with E-state index in [2.05, 4.69) is 43.5 Å². The van der Waals surface area contributed by atoms with E-state index in [-0.39, 0.29) is 0 Å². The van der Waals surface area contributed by atoms with Crippen molar-refractivity contribution in [2.75, 3.05) is 12.4 Å². The average molecular weight is 419 g/mol. The number of thioether (sulfide) groups is 2. The molecule has 0 amide bonds. The van der Waals surface area contributed by atoms with Crippen LogP contribution in [0, 0.1) is 3.95 Å². The first-order valence-corrected chi connectivity index (χ1v) is 11.0. The molecule has 0 aliphatic carbocycles. The number of rotatable bonds is 5. The van der Waals surface area contributed by atoms with Gasteiger partial charge in [-0.3, -0.25) is 0 Å². The number of aromatic nitrogens is 1. The van der Waals surface area contributed by atoms with Crippen LogP contribution in [-0.4, -0.2) is 26.2 Å². The van der Waals surface area contributed by atoms with Gasteiger partial charge in [-0.15, -0.1) is 24.0 Å². The van der Waals surface area contributed by atoms with Crippen molar-refractivity contribution in [3.63, 3.8) is 0 Å². The molecule has 0 N–H and O–H groups in total. The van der Waals surface area contributed by atoms with Crippen molar-refractivity contribution in [2.24, 2.45) is 0 Å². The van der Waals surface area contributed by atoms with Gasteiger partial charge in [0, 0.05) is 17.3 Å². The van der Waals surface area contributed by atoms with Crippen molar-refractivity contribution >= 4 is 82.3 Å². The van der Waals surface area contributed by atoms with Crippen molar-refractivity contribution in [1.29, 1.82) is 0 Å². The first-order valence-electron chi connectivity index (χ1n) is 7.14. The van der Waals surface area contributed by atoms with Crippen LogP contribution in [0.15, 0.2) is 33.6 Å². The second kappa shape index (κ2) is 9.48. The molecule has 0 atom stereocenters. The minimum atomic E-state index is 0.854. The molecule has 0 spiro atoms. The van der Waals surface area contributed by atoms with Gasteiger partial charge in [0.05, 0.1) is 15.8 Å². The molecule has 124 valence electrons. The second-order valence-electron chi connectivity index (χ2n) is 4.53. The first-order chi connectivity index (χ1) is 11.1. The Labute approximate surface area is 166 Å². The maximum Gasteiger partial charge on any atom is 0.162 e. The van der Waals surface area contributed by atoms with Gasteiger partial charge in [0.25, 0.3) is 0 Å². The van der Waals surface area contributed by atoms with Crippen LogP contribution >= 0.6 is 71.9 Å². The van der Waals surface area contributed by atoms with Gasteiger partial charge in [-0.2, -0.15) is 0 Å². The monoisotopic (exact) mass is 418 g/mol. The van der Waals surface area contributed by atoms with Gasteiger partial charge in [-0.25, -0.2) is 0 Å². The molecule has 0 unspecified atom stereocenters. The zero-order valence-corrected chi connectivity index (χ0v) is 17.9. The molecule has 1 aliphatic rings. The van der Waals surface area contributed by atoms with Crippen LogP contribution in [0.4, 0.5) is 0 Å². The Morgan fingerprint density at radius 3 is 2.57 bits per heavy atom. The Morgan fingerprint density at radius 1 is 1.17 bits per heavy atom. The van der Waals surface area contributed by atoms with E-state index >= 15 is 0 Å². The summed E-state index contributed by atoms with van der Waals surface area (Å²) >= 11 is 20.3. The van der Waals surface area contributed by atoms with Crippen molar-refractivity contribution in [3.05, 3.63) is 37.4 Å². The summed E-state index contributed by atoms with van der Waals surface area (Å²) in [5, 5.41) is 0.939. The molecule has 1 aromatic rings. The number of thiazole rings is 1. The van der Waals surface area contributed by atoms with Crippen molar-refractivity contribution in [1.82, 2.24) is 9.47 Å². The molecule has 1 saturated heterocycles. The van der Waals surface area contributed by atoms with Crippen LogP contribution in [0.1, 0.15) is 18.7 Å². The van der Waals surface area contributed by atoms with Gasteiger partial charge in [-0.05, 0) is 38.2 Å². The molecule has 23 heavy (non-hydrogen) atoms. The molecule has 2 nitrogen and oxygen atoms in total. The van der Waals surface area contributed by atoms with Crippen LogP contribution in [0.5, 0.6) is 0 Å². The van der Waals surface area contributed by atoms with Crippen molar-refractivity contribution in [2.45, 2.75) is 25.4 Å². The second-order valence-corrected chi connectivity index (χ2v) is 9.55. The third-order valence-electron chi connectivity index (χ3n) is 3.10. The molecule has 1 fully saturated rings. The SMILES string of the molecule is CCN1CSC(=CC=CC=Cc2sc(=S)n(CC)c2S)SC1=S. The first kappa shape index (κ1) is 19.3. The van der Waals surface area contributed by atoms with Gasteiger partial charge in [0.1, 0.15) is 4.32 Å². The highest BCUT2D eigenvalue weighted by Gasteiger charge is 2.17. The van der Waals surface area contributed by atoms with Gasteiger partial charge in [0.2, 0.25) is 0 Å². The zero-order valence-electron chi connectivity index (χ0n) is 12.9. The predicted molar refractivity (Wildman–Crippen MR) is 117 cm³/mol. The number of allylic oxidation sites excluding steroid dienone is 4. The summed E-state index contributed by atoms with van der Waals surface area (Å²) in [5.74, 6) is 0.939. The number of thiol groups is 1. The largest absolute Gasteiger partial charge is 0.348 e. The van der Waals surface area contributed by atoms with Gasteiger partial charge >= 0.3 is 0 Å². The lowest BCUT2D eigenvalue weighted by molar-refractivity contribution is 0.535. The molecule has 0 radical (unpaired) electrons. The van der Waals surface area contributed by atoms with E-state index in [1.165, 1.54) is 4.24 Å². The fourth-order valence-corrected chi connectivity index (χ4v) is 6.59. The molecule has 2 heterocycles. The van der Waals surface area contributed by atoms with Crippen LogP contribution in [0.2, 0.25) is 0 Å². The number of hydrogen-bond acceptors (Lipinski definition) is 6. The fraction of sp³-hybridized carbons (Fsp3) is 0.333. The van der Waals surface area contributed by atoms with E-state index in [0.29, 0.717) is 0 Å². The van der Waals surface area contributed by atoms with E-state index in [9.17, 15) is 0 Å². The Hall–Kier alpha value is 0.01000. The third-order valence-corrected chi connectivity index (χ3v) is 7.89. The average Bonchev–Trinajstić information content (AvgIpc) is 2.80. The summed E-state index contributed by atoms with van der Waals surface area (Å²) < 4.78 is 5.10. The summed E-state index contributed by atoms with van der Waals surface area (Å²) in [6, 6.07) is 0. The normalized spacial score (nSPS) is 18.0. The topological polar surface area (TPSA) is 8.17 Å². The Morgan fingerprint density at radius 2 is 1.96 bits per heavy atom. The molecule has 0 saturated carbocycles. The van der Waals surface area contributed by atoms with Gasteiger partial charge < -0.3 is 9.47 Å². The Bertz CT molecular complexity index is 710. The van der Waals surface area contributed by atoms with Gasteiger partial charge in [-0.1, -0.05) is 54.0 Å². The van der Waals surface area contributed by atoms with E-state index in [0.717, 1.165) is 37.1 Å². The lowest BCUT2D eigenvalue weighted by Crippen LogP contribution is -2.29. The van der Waals surface area contributed by atoms with E-state index < -0.39 is 0 Å². The standard InChI is InChI=1S/C15H18N2S6/c1-3-16-10-21-12(23-14(16)19)9-7-5-6-8-11-13(18)17(4-2)15(20)22-11/h5-9,18H,3-4,10H2,1-2H3. The molecular formula is C15H18N2S6. The van der Waals surface area contributed by atoms with E-state index in [4.69, 9.17) is 24.4 Å². The third kappa shape index (κ3) is 5.24. The Balaban J connectivity index is 1.96. The summed E-state index contributed by atoms with van der Waals surface area (Å²) in [6.45, 7) is 6.03. The molecule has 8 heteroatoms. The molecule has 0 aromatic carbocycles. The van der Waals surface area contributed by atoms with E-state index in [1.807, 2.05) is 34.6 Å². The quantitative estimate of drug-likeness (QED) is 0.353. The number of thiocarbonyl (C=S) groups is 1. The minimum absolute atomic E-state index is 0.854. The summed E-state index contributed by atoms with van der Waals surface area (Å²) in [6.07, 6.45) is 10.3. The minimum Gasteiger partial charge on any atom is -0.348 e. The smallest absolute Gasteiger partial charge is 0.162 e. The Kier molecular flexibility index (Phi) is 7.97. The molecular weight excluding hydrogens is 401 g/mol. The van der Waals surface area contributed by atoms with Crippen LogP contribution in [0.3, 0.4) is 0 Å². The van der Waals surface area contributed by atoms with E-state index in [1.54, 1.807) is 23.1 Å². The van der Waals surface area contributed by atoms with Crippen molar-refractivity contribution < 1.29 is 0 Å². The van der Waals surface area contributed by atoms with Crippen LogP contribution in [-0.2, 0) is 6.54 Å². The highest BCUT2D eigenvalue weighted by atomic mass is 32.2. The van der Waals surface area contributed by atoms with Crippen LogP contribution < -0.4 is 0 Å². The summed E-state index contributed by atoms with van der Waals surface area (Å²) in [5.41, 5.74) is 0. The molecule has 0 bridgehead atoms.